The van der Waals surface area contributed by atoms with E-state index in [-0.39, 0.29) is 17.3 Å². The maximum Gasteiger partial charge on any atom is 0.185 e. The van der Waals surface area contributed by atoms with Gasteiger partial charge in [0.15, 0.2) is 17.3 Å². The van der Waals surface area contributed by atoms with Gasteiger partial charge in [-0.05, 0) is 66.6 Å². The summed E-state index contributed by atoms with van der Waals surface area (Å²) < 4.78 is 0. The number of rotatable bonds is 3. The molecule has 0 aromatic heterocycles. The van der Waals surface area contributed by atoms with Crippen LogP contribution in [0.3, 0.4) is 0 Å². The normalized spacial score (nSPS) is 21.9. The van der Waals surface area contributed by atoms with Crippen LogP contribution in [0.15, 0.2) is 97.1 Å². The Balaban J connectivity index is 1.54. The fraction of sp³-hybridized carbons (Fsp3) is 0.147. The van der Waals surface area contributed by atoms with Gasteiger partial charge in [0.2, 0.25) is 0 Å². The van der Waals surface area contributed by atoms with Gasteiger partial charge in [-0.15, -0.1) is 0 Å². The maximum absolute atomic E-state index is 14.6. The zero-order valence-corrected chi connectivity index (χ0v) is 23.0. The van der Waals surface area contributed by atoms with E-state index in [0.717, 1.165) is 16.8 Å². The first kappa shape index (κ1) is 25.0. The van der Waals surface area contributed by atoms with Crippen LogP contribution in [0.4, 0.5) is 5.69 Å². The number of nitrogens with zero attached hydrogens (tertiary/aromatic N) is 1. The number of hydrogen-bond acceptors (Lipinski definition) is 4. The van der Waals surface area contributed by atoms with Gasteiger partial charge in [-0.3, -0.25) is 14.4 Å². The number of carbonyl (C=O) groups excluding carboxylic acids is 3. The van der Waals surface area contributed by atoms with Crippen LogP contribution < -0.4 is 4.90 Å². The molecule has 4 nitrogen and oxygen atoms in total. The van der Waals surface area contributed by atoms with E-state index in [9.17, 15) is 14.4 Å². The van der Waals surface area contributed by atoms with E-state index in [2.05, 4.69) is 6.07 Å². The second kappa shape index (κ2) is 9.02. The number of aryl methyl sites for hydroxylation is 1. The number of fused-ring (bicyclic) bond motifs is 5. The van der Waals surface area contributed by atoms with Crippen LogP contribution in [0.2, 0.25) is 10.0 Å². The molecule has 0 radical (unpaired) electrons. The summed E-state index contributed by atoms with van der Waals surface area (Å²) in [6, 6.07) is 25.4. The number of benzene rings is 4. The average Bonchev–Trinajstić information content (AvgIpc) is 3.39. The second-order valence-electron chi connectivity index (χ2n) is 10.7. The van der Waals surface area contributed by atoms with E-state index in [4.69, 9.17) is 23.2 Å². The molecule has 7 rings (SSSR count). The van der Waals surface area contributed by atoms with E-state index in [1.165, 1.54) is 0 Å². The molecule has 0 bridgehead atoms. The zero-order valence-electron chi connectivity index (χ0n) is 21.5. The Kier molecular flexibility index (Phi) is 5.64. The minimum Gasteiger partial charge on any atom is -0.352 e. The monoisotopic (exact) mass is 563 g/mol. The highest BCUT2D eigenvalue weighted by molar-refractivity contribution is 6.33. The molecule has 1 spiro atoms. The SMILES string of the molecule is Cc1ccc2c(c1)C=C[C@H]1N2[C@@H](C(=O)c2ccc(Cl)cc2)[C@H](c2ccc(Cl)cc2)C12C(=O)c1ccccc1C2=O. The summed E-state index contributed by atoms with van der Waals surface area (Å²) in [6.45, 7) is 2.01. The Morgan fingerprint density at radius 2 is 1.40 bits per heavy atom. The molecule has 2 heterocycles. The van der Waals surface area contributed by atoms with Gasteiger partial charge in [0, 0.05) is 38.3 Å². The topological polar surface area (TPSA) is 54.5 Å². The minimum atomic E-state index is -1.54. The Hall–Kier alpha value is -3.99. The first-order chi connectivity index (χ1) is 19.3. The smallest absolute Gasteiger partial charge is 0.185 e. The van der Waals surface area contributed by atoms with Gasteiger partial charge in [0.1, 0.15) is 11.5 Å². The van der Waals surface area contributed by atoms with Gasteiger partial charge in [0.05, 0.1) is 6.04 Å². The van der Waals surface area contributed by atoms with Crippen molar-refractivity contribution in [2.75, 3.05) is 4.90 Å². The van der Waals surface area contributed by atoms with Gasteiger partial charge in [-0.1, -0.05) is 83.4 Å². The van der Waals surface area contributed by atoms with Crippen LogP contribution in [0.25, 0.3) is 6.08 Å². The summed E-state index contributed by atoms with van der Waals surface area (Å²) in [5, 5.41) is 1.05. The van der Waals surface area contributed by atoms with Crippen molar-refractivity contribution in [2.45, 2.75) is 24.9 Å². The molecule has 0 amide bonds. The van der Waals surface area contributed by atoms with Crippen molar-refractivity contribution in [3.05, 3.63) is 140 Å². The lowest BCUT2D eigenvalue weighted by Gasteiger charge is -2.37. The van der Waals surface area contributed by atoms with Crippen molar-refractivity contribution < 1.29 is 14.4 Å². The molecular weight excluding hydrogens is 541 g/mol. The third kappa shape index (κ3) is 3.36. The van der Waals surface area contributed by atoms with Crippen molar-refractivity contribution in [1.29, 1.82) is 0 Å². The standard InChI is InChI=1S/C34H23Cl2NO3/c1-19-6-16-27-22(18-19)11-17-28-34(32(39)25-4-2-3-5-26(25)33(34)40)29(20-7-12-23(35)13-8-20)30(37(27)28)31(38)21-9-14-24(36)15-10-21/h2-18,28-30H,1H3/t28-,29+,30-/m1/s1. The van der Waals surface area contributed by atoms with Crippen LogP contribution >= 0.6 is 23.2 Å². The fourth-order valence-electron chi connectivity index (χ4n) is 6.92. The first-order valence-electron chi connectivity index (χ1n) is 13.1. The number of anilines is 1. The van der Waals surface area contributed by atoms with Crippen molar-refractivity contribution in [3.63, 3.8) is 0 Å². The highest BCUT2D eigenvalue weighted by Crippen LogP contribution is 2.61. The molecule has 196 valence electrons. The molecule has 6 heteroatoms. The van der Waals surface area contributed by atoms with E-state index in [0.29, 0.717) is 32.3 Å². The molecule has 1 fully saturated rings. The van der Waals surface area contributed by atoms with Crippen molar-refractivity contribution in [2.24, 2.45) is 5.41 Å². The number of ketones is 3. The molecule has 3 aliphatic rings. The summed E-state index contributed by atoms with van der Waals surface area (Å²) in [7, 11) is 0. The highest BCUT2D eigenvalue weighted by Gasteiger charge is 2.71. The van der Waals surface area contributed by atoms with Gasteiger partial charge in [0.25, 0.3) is 0 Å². The van der Waals surface area contributed by atoms with Crippen LogP contribution in [0.5, 0.6) is 0 Å². The molecule has 0 N–H and O–H groups in total. The van der Waals surface area contributed by atoms with Crippen LogP contribution in [0, 0.1) is 12.3 Å². The van der Waals surface area contributed by atoms with E-state index < -0.39 is 23.4 Å². The van der Waals surface area contributed by atoms with Crippen molar-refractivity contribution in [1.82, 2.24) is 0 Å². The van der Waals surface area contributed by atoms with E-state index >= 15 is 0 Å². The average molecular weight is 564 g/mol. The molecule has 1 aliphatic carbocycles. The van der Waals surface area contributed by atoms with Crippen LogP contribution in [-0.2, 0) is 0 Å². The molecule has 1 saturated heterocycles. The van der Waals surface area contributed by atoms with Crippen molar-refractivity contribution in [3.8, 4) is 0 Å². The lowest BCUT2D eigenvalue weighted by molar-refractivity contribution is 0.0666. The Morgan fingerprint density at radius 3 is 2.02 bits per heavy atom. The molecule has 0 saturated carbocycles. The molecule has 4 aromatic rings. The third-order valence-electron chi connectivity index (χ3n) is 8.59. The van der Waals surface area contributed by atoms with Crippen molar-refractivity contribution >= 4 is 52.3 Å². The molecule has 40 heavy (non-hydrogen) atoms. The summed E-state index contributed by atoms with van der Waals surface area (Å²) in [4.78, 5) is 45.8. The Bertz CT molecular complexity index is 1720. The first-order valence-corrected chi connectivity index (χ1v) is 13.9. The fourth-order valence-corrected chi connectivity index (χ4v) is 7.18. The Morgan fingerprint density at radius 1 is 0.800 bits per heavy atom. The summed E-state index contributed by atoms with van der Waals surface area (Å²) in [5.74, 6) is -1.47. The maximum atomic E-state index is 14.6. The molecule has 3 atom stereocenters. The predicted octanol–water partition coefficient (Wildman–Crippen LogP) is 7.62. The quantitative estimate of drug-likeness (QED) is 0.190. The largest absolute Gasteiger partial charge is 0.352 e. The van der Waals surface area contributed by atoms with Crippen LogP contribution in [-0.4, -0.2) is 29.4 Å². The predicted molar refractivity (Wildman–Crippen MR) is 158 cm³/mol. The van der Waals surface area contributed by atoms with Gasteiger partial charge >= 0.3 is 0 Å². The molecular formula is C34H23Cl2NO3. The van der Waals surface area contributed by atoms with Crippen LogP contribution in [0.1, 0.15) is 53.7 Å². The molecule has 4 aromatic carbocycles. The molecule has 2 aliphatic heterocycles. The number of halogens is 2. The zero-order chi connectivity index (χ0) is 27.8. The lowest BCUT2D eigenvalue weighted by Crippen LogP contribution is -2.48. The van der Waals surface area contributed by atoms with Gasteiger partial charge in [-0.2, -0.15) is 0 Å². The summed E-state index contributed by atoms with van der Waals surface area (Å²) in [5.41, 5.74) is 3.26. The summed E-state index contributed by atoms with van der Waals surface area (Å²) >= 11 is 12.4. The van der Waals surface area contributed by atoms with Gasteiger partial charge < -0.3 is 4.90 Å². The minimum absolute atomic E-state index is 0.183. The lowest BCUT2D eigenvalue weighted by atomic mass is 9.64. The third-order valence-corrected chi connectivity index (χ3v) is 9.09. The van der Waals surface area contributed by atoms with Gasteiger partial charge in [-0.25, -0.2) is 0 Å². The Labute approximate surface area is 241 Å². The van der Waals surface area contributed by atoms with E-state index in [1.54, 1.807) is 60.7 Å². The number of hydrogen-bond donors (Lipinski definition) is 0. The highest BCUT2D eigenvalue weighted by atomic mass is 35.5. The second-order valence-corrected chi connectivity index (χ2v) is 11.6. The van der Waals surface area contributed by atoms with E-state index in [1.807, 2.05) is 48.2 Å². The number of carbonyl (C=O) groups is 3. The summed E-state index contributed by atoms with van der Waals surface area (Å²) in [6.07, 6.45) is 3.91. The number of Topliss-reactive ketones (excluding diaryl/α,β-unsaturated/α-hetero) is 3. The molecule has 0 unspecified atom stereocenters.